The second kappa shape index (κ2) is 8.23. The molecule has 5 rings (SSSR count). The second-order valence-electron chi connectivity index (χ2n) is 8.35. The first-order valence-corrected chi connectivity index (χ1v) is 11.7. The van der Waals surface area contributed by atoms with Crippen LogP contribution in [0.25, 0.3) is 32.5 Å². The van der Waals surface area contributed by atoms with Gasteiger partial charge in [0.15, 0.2) is 5.82 Å². The molecule has 5 aromatic rings. The van der Waals surface area contributed by atoms with Crippen LogP contribution in [0, 0.1) is 11.3 Å². The van der Waals surface area contributed by atoms with Gasteiger partial charge in [-0.1, -0.05) is 30.3 Å². The molecule has 1 atom stereocenters. The van der Waals surface area contributed by atoms with Gasteiger partial charge < -0.3 is 15.0 Å². The zero-order valence-corrected chi connectivity index (χ0v) is 19.4. The largest absolute Gasteiger partial charge is 0.508 e. The highest BCUT2D eigenvalue weighted by Crippen LogP contribution is 2.37. The van der Waals surface area contributed by atoms with E-state index in [9.17, 15) is 10.4 Å². The molecule has 33 heavy (non-hydrogen) atoms. The first-order chi connectivity index (χ1) is 16.0. The number of aromatic nitrogens is 3. The SMILES string of the molecule is CC(Nc1nc(-c2csc3ccccc23)nc2c1c(C#N)cn2C(C)C)c1ccc(O)cc1. The van der Waals surface area contributed by atoms with Gasteiger partial charge in [0.05, 0.1) is 10.9 Å². The van der Waals surface area contributed by atoms with E-state index >= 15 is 0 Å². The van der Waals surface area contributed by atoms with Crippen LogP contribution in [0.5, 0.6) is 5.75 Å². The average molecular weight is 454 g/mol. The number of phenols is 1. The summed E-state index contributed by atoms with van der Waals surface area (Å²) in [6.07, 6.45) is 1.86. The van der Waals surface area contributed by atoms with E-state index in [0.717, 1.165) is 27.5 Å². The molecule has 164 valence electrons. The van der Waals surface area contributed by atoms with Crippen molar-refractivity contribution in [1.82, 2.24) is 14.5 Å². The number of aromatic hydroxyl groups is 1. The lowest BCUT2D eigenvalue weighted by atomic mass is 10.1. The van der Waals surface area contributed by atoms with Gasteiger partial charge in [-0.3, -0.25) is 0 Å². The number of thiophene rings is 1. The van der Waals surface area contributed by atoms with Crippen molar-refractivity contribution in [2.75, 3.05) is 5.32 Å². The fourth-order valence-electron chi connectivity index (χ4n) is 4.05. The molecular formula is C26H23N5OS. The highest BCUT2D eigenvalue weighted by molar-refractivity contribution is 7.17. The molecule has 0 radical (unpaired) electrons. The number of nitriles is 1. The predicted octanol–water partition coefficient (Wildman–Crippen LogP) is 6.64. The summed E-state index contributed by atoms with van der Waals surface area (Å²) >= 11 is 1.67. The third-order valence-corrected chi connectivity index (χ3v) is 6.78. The van der Waals surface area contributed by atoms with Crippen LogP contribution in [-0.4, -0.2) is 19.6 Å². The molecule has 3 aromatic heterocycles. The fraction of sp³-hybridized carbons (Fsp3) is 0.192. The van der Waals surface area contributed by atoms with Gasteiger partial charge in [-0.2, -0.15) is 5.26 Å². The number of hydrogen-bond donors (Lipinski definition) is 2. The molecule has 0 spiro atoms. The van der Waals surface area contributed by atoms with Crippen molar-refractivity contribution in [2.24, 2.45) is 0 Å². The number of hydrogen-bond acceptors (Lipinski definition) is 6. The third-order valence-electron chi connectivity index (χ3n) is 5.82. The smallest absolute Gasteiger partial charge is 0.165 e. The summed E-state index contributed by atoms with van der Waals surface area (Å²) in [7, 11) is 0. The first-order valence-electron chi connectivity index (χ1n) is 10.8. The van der Waals surface area contributed by atoms with Crippen molar-refractivity contribution in [1.29, 1.82) is 5.26 Å². The van der Waals surface area contributed by atoms with Crippen LogP contribution in [-0.2, 0) is 0 Å². The van der Waals surface area contributed by atoms with E-state index in [-0.39, 0.29) is 17.8 Å². The fourth-order valence-corrected chi connectivity index (χ4v) is 4.99. The Bertz CT molecular complexity index is 1510. The Morgan fingerprint density at radius 2 is 1.82 bits per heavy atom. The van der Waals surface area contributed by atoms with Crippen molar-refractivity contribution in [3.05, 3.63) is 71.2 Å². The Kier molecular flexibility index (Phi) is 5.23. The lowest BCUT2D eigenvalue weighted by molar-refractivity contribution is 0.475. The maximum atomic E-state index is 9.86. The Morgan fingerprint density at radius 1 is 1.06 bits per heavy atom. The van der Waals surface area contributed by atoms with Crippen molar-refractivity contribution in [2.45, 2.75) is 32.9 Å². The van der Waals surface area contributed by atoms with E-state index in [1.54, 1.807) is 23.5 Å². The molecule has 0 saturated heterocycles. The number of rotatable bonds is 5. The van der Waals surface area contributed by atoms with Gasteiger partial charge in [-0.25, -0.2) is 9.97 Å². The highest BCUT2D eigenvalue weighted by Gasteiger charge is 2.21. The summed E-state index contributed by atoms with van der Waals surface area (Å²) in [4.78, 5) is 9.87. The molecule has 6 nitrogen and oxygen atoms in total. The molecule has 0 amide bonds. The maximum Gasteiger partial charge on any atom is 0.165 e. The topological polar surface area (TPSA) is 86.8 Å². The number of benzene rings is 2. The lowest BCUT2D eigenvalue weighted by Crippen LogP contribution is -2.10. The number of phenolic OH excluding ortho intramolecular Hbond substituents is 1. The monoisotopic (exact) mass is 453 g/mol. The van der Waals surface area contributed by atoms with Gasteiger partial charge in [-0.05, 0) is 44.5 Å². The summed E-state index contributed by atoms with van der Waals surface area (Å²) in [6, 6.07) is 17.7. The Balaban J connectivity index is 1.72. The van der Waals surface area contributed by atoms with Crippen molar-refractivity contribution < 1.29 is 5.11 Å². The van der Waals surface area contributed by atoms with Crippen LogP contribution in [0.4, 0.5) is 5.82 Å². The van der Waals surface area contributed by atoms with Crippen molar-refractivity contribution >= 4 is 38.3 Å². The minimum Gasteiger partial charge on any atom is -0.508 e. The van der Waals surface area contributed by atoms with E-state index in [1.807, 2.05) is 42.0 Å². The molecule has 0 aliphatic carbocycles. The van der Waals surface area contributed by atoms with Gasteiger partial charge in [-0.15, -0.1) is 11.3 Å². The van der Waals surface area contributed by atoms with E-state index in [0.29, 0.717) is 17.2 Å². The van der Waals surface area contributed by atoms with Crippen molar-refractivity contribution in [3.63, 3.8) is 0 Å². The molecule has 2 aromatic carbocycles. The lowest BCUT2D eigenvalue weighted by Gasteiger charge is -2.17. The highest BCUT2D eigenvalue weighted by atomic mass is 32.1. The summed E-state index contributed by atoms with van der Waals surface area (Å²) in [5.41, 5.74) is 3.26. The van der Waals surface area contributed by atoms with Gasteiger partial charge in [0, 0.05) is 39.3 Å². The molecule has 0 aliphatic rings. The third kappa shape index (κ3) is 3.69. The number of nitrogens with zero attached hydrogens (tertiary/aromatic N) is 4. The molecule has 0 aliphatic heterocycles. The molecule has 1 unspecified atom stereocenters. The minimum atomic E-state index is -0.0929. The molecule has 7 heteroatoms. The average Bonchev–Trinajstić information content (AvgIpc) is 3.41. The quantitative estimate of drug-likeness (QED) is 0.311. The van der Waals surface area contributed by atoms with Gasteiger partial charge in [0.1, 0.15) is 23.3 Å². The zero-order valence-electron chi connectivity index (χ0n) is 18.6. The number of nitrogens with one attached hydrogen (secondary N) is 1. The summed E-state index contributed by atoms with van der Waals surface area (Å²) in [6.45, 7) is 6.19. The van der Waals surface area contributed by atoms with Crippen LogP contribution >= 0.6 is 11.3 Å². The number of anilines is 1. The van der Waals surface area contributed by atoms with Gasteiger partial charge in [0.25, 0.3) is 0 Å². The molecular weight excluding hydrogens is 430 g/mol. The van der Waals surface area contributed by atoms with E-state index in [4.69, 9.17) is 9.97 Å². The summed E-state index contributed by atoms with van der Waals surface area (Å²) < 4.78 is 3.21. The maximum absolute atomic E-state index is 9.86. The van der Waals surface area contributed by atoms with Crippen LogP contribution in [0.15, 0.2) is 60.1 Å². The molecule has 3 heterocycles. The van der Waals surface area contributed by atoms with E-state index < -0.39 is 0 Å². The number of fused-ring (bicyclic) bond motifs is 2. The van der Waals surface area contributed by atoms with E-state index in [2.05, 4.69) is 42.7 Å². The second-order valence-corrected chi connectivity index (χ2v) is 9.26. The van der Waals surface area contributed by atoms with Crippen molar-refractivity contribution in [3.8, 4) is 23.2 Å². The normalized spacial score (nSPS) is 12.3. The van der Waals surface area contributed by atoms with Crippen LogP contribution in [0.3, 0.4) is 0 Å². The summed E-state index contributed by atoms with van der Waals surface area (Å²) in [5, 5.41) is 26.9. The van der Waals surface area contributed by atoms with Crippen LogP contribution < -0.4 is 5.32 Å². The minimum absolute atomic E-state index is 0.0929. The molecule has 2 N–H and O–H groups in total. The Labute approximate surface area is 195 Å². The molecule has 0 fully saturated rings. The zero-order chi connectivity index (χ0) is 23.1. The Morgan fingerprint density at radius 3 is 2.55 bits per heavy atom. The van der Waals surface area contributed by atoms with Crippen LogP contribution in [0.1, 0.15) is 44.0 Å². The molecule has 0 saturated carbocycles. The first kappa shape index (κ1) is 21.0. The van der Waals surface area contributed by atoms with Crippen LogP contribution in [0.2, 0.25) is 0 Å². The summed E-state index contributed by atoms with van der Waals surface area (Å²) in [5.74, 6) is 1.48. The molecule has 0 bridgehead atoms. The van der Waals surface area contributed by atoms with Gasteiger partial charge in [0.2, 0.25) is 0 Å². The van der Waals surface area contributed by atoms with Gasteiger partial charge >= 0.3 is 0 Å². The van der Waals surface area contributed by atoms with E-state index in [1.165, 1.54) is 4.70 Å². The standard InChI is InChI=1S/C26H23N5OS/c1-15(2)31-13-18(12-27)23-25(28-16(3)17-8-10-19(32)11-9-17)29-24(30-26(23)31)21-14-33-22-7-5-4-6-20(21)22/h4-11,13-16,32H,1-3H3,(H,28,29,30). The Hall–Kier alpha value is -3.89. The predicted molar refractivity (Wildman–Crippen MR) is 134 cm³/mol.